The highest BCUT2D eigenvalue weighted by atomic mass is 16.5. The van der Waals surface area contributed by atoms with Crippen molar-refractivity contribution in [1.82, 2.24) is 9.80 Å². The number of hydrogen-bond acceptors (Lipinski definition) is 6. The lowest BCUT2D eigenvalue weighted by Gasteiger charge is -2.63. The van der Waals surface area contributed by atoms with Gasteiger partial charge in [-0.3, -0.25) is 14.5 Å². The maximum absolute atomic E-state index is 13.5. The summed E-state index contributed by atoms with van der Waals surface area (Å²) in [5.41, 5.74) is 1.38. The van der Waals surface area contributed by atoms with E-state index < -0.39 is 17.1 Å². The van der Waals surface area contributed by atoms with Gasteiger partial charge in [-0.2, -0.15) is 0 Å². The van der Waals surface area contributed by atoms with Crippen LogP contribution in [0.25, 0.3) is 0 Å². The summed E-state index contributed by atoms with van der Waals surface area (Å²) in [6.07, 6.45) is 9.01. The molecule has 1 spiro atoms. The van der Waals surface area contributed by atoms with Gasteiger partial charge in [-0.1, -0.05) is 6.07 Å². The zero-order valence-corrected chi connectivity index (χ0v) is 21.0. The van der Waals surface area contributed by atoms with Crippen LogP contribution in [0.2, 0.25) is 0 Å². The number of amides is 1. The highest BCUT2D eigenvalue weighted by Gasteiger charge is 2.72. The van der Waals surface area contributed by atoms with Crippen LogP contribution in [0.1, 0.15) is 69.4 Å². The van der Waals surface area contributed by atoms with Crippen LogP contribution in [0.5, 0.6) is 11.5 Å². The molecule has 36 heavy (non-hydrogen) atoms. The third-order valence-electron chi connectivity index (χ3n) is 10.2. The number of carbonyl (C=O) groups excluding carboxylic acids is 2. The number of phenols is 1. The summed E-state index contributed by atoms with van der Waals surface area (Å²) in [5.74, 6) is 1.25. The molecule has 1 unspecified atom stereocenters. The average Bonchev–Trinajstić information content (AvgIpc) is 3.60. The molecular formula is C29H36N2O5. The number of ketones is 1. The molecule has 5 atom stereocenters. The Kier molecular flexibility index (Phi) is 4.94. The Morgan fingerprint density at radius 1 is 1.17 bits per heavy atom. The molecule has 6 aliphatic rings. The number of rotatable bonds is 4. The van der Waals surface area contributed by atoms with Gasteiger partial charge >= 0.3 is 0 Å². The summed E-state index contributed by atoms with van der Waals surface area (Å²) >= 11 is 0. The fourth-order valence-corrected chi connectivity index (χ4v) is 8.34. The summed E-state index contributed by atoms with van der Waals surface area (Å²) in [5, 5.41) is 23.3. The predicted octanol–water partition coefficient (Wildman–Crippen LogP) is 2.85. The van der Waals surface area contributed by atoms with E-state index in [1.807, 2.05) is 6.07 Å². The van der Waals surface area contributed by atoms with E-state index in [2.05, 4.69) is 4.90 Å². The molecule has 7 nitrogen and oxygen atoms in total. The first-order chi connectivity index (χ1) is 17.3. The first-order valence-corrected chi connectivity index (χ1v) is 13.8. The molecule has 7 heteroatoms. The van der Waals surface area contributed by atoms with E-state index in [4.69, 9.17) is 4.74 Å². The molecule has 1 amide bonds. The van der Waals surface area contributed by atoms with Gasteiger partial charge in [0.2, 0.25) is 5.91 Å². The summed E-state index contributed by atoms with van der Waals surface area (Å²) in [6, 6.07) is 3.38. The highest BCUT2D eigenvalue weighted by molar-refractivity contribution is 5.93. The monoisotopic (exact) mass is 492 g/mol. The van der Waals surface area contributed by atoms with Gasteiger partial charge in [0, 0.05) is 30.8 Å². The number of likely N-dealkylation sites (tertiary alicyclic amines) is 2. The SMILES string of the molecule is CC(=O)C1CCCCN1C(=O)/C=C1\CC[C@@]2(O)[C@H]3Cc4ccc(O)c5c4[C@@]2(CCN3CC2CC2)[C@H]1O5. The third kappa shape index (κ3) is 2.99. The van der Waals surface area contributed by atoms with E-state index in [-0.39, 0.29) is 29.5 Å². The first-order valence-electron chi connectivity index (χ1n) is 13.8. The second kappa shape index (κ2) is 7.81. The molecule has 1 aromatic carbocycles. The van der Waals surface area contributed by atoms with Crippen LogP contribution in [-0.4, -0.2) is 75.1 Å². The van der Waals surface area contributed by atoms with Crippen LogP contribution < -0.4 is 4.74 Å². The number of benzene rings is 1. The number of hydrogen-bond donors (Lipinski definition) is 2. The van der Waals surface area contributed by atoms with Crippen molar-refractivity contribution in [3.8, 4) is 11.5 Å². The zero-order chi connectivity index (χ0) is 24.8. The standard InChI is InChI=1S/C29H36N2O5/c1-17(32)21-4-2-3-12-31(21)24(34)15-20-9-10-29(35)23-14-19-7-8-22(33)26-25(19)28(29,27(20)36-26)11-13-30(23)16-18-5-6-18/h7-8,15,18,21,23,27,33,35H,2-6,9-14,16H2,1H3/b20-15+/t21?,23-,27+,28+,29-/m1/s1. The molecule has 4 fully saturated rings. The summed E-state index contributed by atoms with van der Waals surface area (Å²) in [4.78, 5) is 30.0. The zero-order valence-electron chi connectivity index (χ0n) is 21.0. The summed E-state index contributed by atoms with van der Waals surface area (Å²) < 4.78 is 6.54. The van der Waals surface area contributed by atoms with E-state index >= 15 is 0 Å². The van der Waals surface area contributed by atoms with E-state index in [1.165, 1.54) is 12.8 Å². The van der Waals surface area contributed by atoms with Crippen molar-refractivity contribution < 1.29 is 24.5 Å². The van der Waals surface area contributed by atoms with Crippen molar-refractivity contribution in [1.29, 1.82) is 0 Å². The molecule has 1 aromatic rings. The molecule has 2 bridgehead atoms. The Labute approximate surface area is 212 Å². The number of nitrogens with zero attached hydrogens (tertiary/aromatic N) is 2. The molecule has 0 aromatic heterocycles. The van der Waals surface area contributed by atoms with Crippen LogP contribution in [0, 0.1) is 5.92 Å². The topological polar surface area (TPSA) is 90.3 Å². The smallest absolute Gasteiger partial charge is 0.247 e. The number of aliphatic hydroxyl groups is 1. The van der Waals surface area contributed by atoms with Gasteiger partial charge in [0.1, 0.15) is 6.10 Å². The van der Waals surface area contributed by atoms with Gasteiger partial charge in [-0.25, -0.2) is 0 Å². The maximum atomic E-state index is 13.5. The second-order valence-electron chi connectivity index (χ2n) is 12.1. The first kappa shape index (κ1) is 22.8. The lowest BCUT2D eigenvalue weighted by molar-refractivity contribution is -0.174. The van der Waals surface area contributed by atoms with Crippen molar-refractivity contribution >= 4 is 11.7 Å². The van der Waals surface area contributed by atoms with Gasteiger partial charge in [0.25, 0.3) is 0 Å². The third-order valence-corrected chi connectivity index (χ3v) is 10.2. The Hall–Kier alpha value is -2.38. The molecule has 2 N–H and O–H groups in total. The van der Waals surface area contributed by atoms with E-state index in [0.717, 1.165) is 67.8 Å². The second-order valence-corrected chi connectivity index (χ2v) is 12.1. The number of piperidine rings is 2. The maximum Gasteiger partial charge on any atom is 0.247 e. The molecule has 2 saturated carbocycles. The predicted molar refractivity (Wildman–Crippen MR) is 133 cm³/mol. The molecule has 3 aliphatic heterocycles. The van der Waals surface area contributed by atoms with Gasteiger partial charge in [0.15, 0.2) is 17.3 Å². The van der Waals surface area contributed by atoms with Crippen molar-refractivity contribution in [2.24, 2.45) is 5.92 Å². The number of aromatic hydroxyl groups is 1. The van der Waals surface area contributed by atoms with Crippen molar-refractivity contribution in [3.63, 3.8) is 0 Å². The highest BCUT2D eigenvalue weighted by Crippen LogP contribution is 2.66. The van der Waals surface area contributed by atoms with Crippen LogP contribution in [0.15, 0.2) is 23.8 Å². The lowest BCUT2D eigenvalue weighted by Crippen LogP contribution is -2.75. The largest absolute Gasteiger partial charge is 0.504 e. The molecule has 7 rings (SSSR count). The molecule has 0 radical (unpaired) electrons. The molecule has 192 valence electrons. The van der Waals surface area contributed by atoms with E-state index in [0.29, 0.717) is 25.1 Å². The summed E-state index contributed by atoms with van der Waals surface area (Å²) in [6.45, 7) is 4.09. The molecule has 3 aliphatic carbocycles. The fraction of sp³-hybridized carbons (Fsp3) is 0.655. The van der Waals surface area contributed by atoms with Crippen LogP contribution in [0.4, 0.5) is 0 Å². The fourth-order valence-electron chi connectivity index (χ4n) is 8.34. The van der Waals surface area contributed by atoms with Gasteiger partial charge in [-0.15, -0.1) is 0 Å². The van der Waals surface area contributed by atoms with Crippen LogP contribution >= 0.6 is 0 Å². The van der Waals surface area contributed by atoms with E-state index in [1.54, 1.807) is 24.0 Å². The Bertz CT molecular complexity index is 1170. The Balaban J connectivity index is 1.30. The average molecular weight is 493 g/mol. The quantitative estimate of drug-likeness (QED) is 0.629. The minimum atomic E-state index is -0.968. The Morgan fingerprint density at radius 3 is 2.78 bits per heavy atom. The summed E-state index contributed by atoms with van der Waals surface area (Å²) in [7, 11) is 0. The number of carbonyl (C=O) groups is 2. The van der Waals surface area contributed by atoms with Gasteiger partial charge in [0.05, 0.1) is 17.1 Å². The van der Waals surface area contributed by atoms with Crippen molar-refractivity contribution in [2.45, 2.75) is 93.9 Å². The Morgan fingerprint density at radius 2 is 2.00 bits per heavy atom. The van der Waals surface area contributed by atoms with Gasteiger partial charge in [-0.05, 0) is 94.4 Å². The lowest BCUT2D eigenvalue weighted by atomic mass is 9.48. The van der Waals surface area contributed by atoms with Gasteiger partial charge < -0.3 is 19.8 Å². The van der Waals surface area contributed by atoms with Crippen LogP contribution in [-0.2, 0) is 21.4 Å². The molecule has 2 saturated heterocycles. The molecule has 3 heterocycles. The minimum absolute atomic E-state index is 0.0161. The van der Waals surface area contributed by atoms with Crippen molar-refractivity contribution in [2.75, 3.05) is 19.6 Å². The minimum Gasteiger partial charge on any atom is -0.504 e. The normalized spacial score (nSPS) is 38.0. The van der Waals surface area contributed by atoms with Crippen LogP contribution in [0.3, 0.4) is 0 Å². The number of ether oxygens (including phenoxy) is 1. The number of phenolic OH excluding ortho intramolecular Hbond substituents is 1. The van der Waals surface area contributed by atoms with Crippen molar-refractivity contribution in [3.05, 3.63) is 34.9 Å². The molecular weight excluding hydrogens is 456 g/mol. The van der Waals surface area contributed by atoms with E-state index in [9.17, 15) is 19.8 Å². The number of Topliss-reactive ketones (excluding diaryl/α,β-unsaturated/α-hetero) is 1.